The van der Waals surface area contributed by atoms with Gasteiger partial charge in [-0.05, 0) is 99.5 Å². The highest BCUT2D eigenvalue weighted by molar-refractivity contribution is 7.92. The molecule has 0 aliphatic carbocycles. The van der Waals surface area contributed by atoms with Crippen molar-refractivity contribution in [1.82, 2.24) is 9.80 Å². The van der Waals surface area contributed by atoms with Gasteiger partial charge in [-0.3, -0.25) is 4.79 Å². The molecule has 0 bridgehead atoms. The number of nitrogens with zero attached hydrogens (tertiary/aromatic N) is 2. The number of hydrogen-bond acceptors (Lipinski definition) is 6. The maximum atomic E-state index is 14.1. The van der Waals surface area contributed by atoms with Crippen LogP contribution in [0.1, 0.15) is 62.5 Å². The Morgan fingerprint density at radius 3 is 2.00 bits per heavy atom. The summed E-state index contributed by atoms with van der Waals surface area (Å²) in [6, 6.07) is 9.97. The molecule has 41 heavy (non-hydrogen) atoms. The van der Waals surface area contributed by atoms with Crippen molar-refractivity contribution in [2.75, 3.05) is 44.7 Å². The van der Waals surface area contributed by atoms with Gasteiger partial charge in [-0.25, -0.2) is 25.6 Å². The van der Waals surface area contributed by atoms with Crippen LogP contribution in [-0.2, 0) is 24.5 Å². The molecular formula is C30H40F2N2O5S2. The van der Waals surface area contributed by atoms with E-state index in [1.165, 1.54) is 31.2 Å². The Morgan fingerprint density at radius 2 is 1.46 bits per heavy atom. The summed E-state index contributed by atoms with van der Waals surface area (Å²) in [7, 11) is -6.56. The minimum absolute atomic E-state index is 0.00752. The molecule has 2 heterocycles. The first-order valence-electron chi connectivity index (χ1n) is 14.3. The predicted octanol–water partition coefficient (Wildman–Crippen LogP) is 4.42. The maximum absolute atomic E-state index is 14.1. The topological polar surface area (TPSA) is 91.8 Å². The van der Waals surface area contributed by atoms with Crippen molar-refractivity contribution in [3.63, 3.8) is 0 Å². The number of piperidine rings is 2. The number of halogens is 2. The number of benzene rings is 2. The fraction of sp³-hybridized carbons (Fsp3) is 0.567. The fourth-order valence-electron chi connectivity index (χ4n) is 6.09. The second-order valence-electron chi connectivity index (χ2n) is 11.5. The number of likely N-dealkylation sites (tertiary alicyclic amines) is 2. The second-order valence-corrected chi connectivity index (χ2v) is 15.9. The number of sulfone groups is 2. The van der Waals surface area contributed by atoms with Crippen LogP contribution in [-0.4, -0.2) is 82.5 Å². The molecule has 0 aromatic heterocycles. The normalized spacial score (nSPS) is 18.9. The van der Waals surface area contributed by atoms with Gasteiger partial charge in [0.2, 0.25) is 5.91 Å². The van der Waals surface area contributed by atoms with Crippen LogP contribution < -0.4 is 0 Å². The van der Waals surface area contributed by atoms with Gasteiger partial charge in [-0.1, -0.05) is 12.1 Å². The van der Waals surface area contributed by atoms with Crippen LogP contribution in [0.25, 0.3) is 0 Å². The van der Waals surface area contributed by atoms with E-state index in [2.05, 4.69) is 4.90 Å². The van der Waals surface area contributed by atoms with E-state index >= 15 is 0 Å². The molecule has 226 valence electrons. The van der Waals surface area contributed by atoms with E-state index in [9.17, 15) is 30.4 Å². The van der Waals surface area contributed by atoms with E-state index in [1.807, 2.05) is 0 Å². The van der Waals surface area contributed by atoms with Gasteiger partial charge in [0.05, 0.1) is 15.9 Å². The minimum atomic E-state index is -3.36. The molecule has 1 unspecified atom stereocenters. The van der Waals surface area contributed by atoms with Gasteiger partial charge >= 0.3 is 0 Å². The van der Waals surface area contributed by atoms with Gasteiger partial charge < -0.3 is 9.80 Å². The molecule has 2 aliphatic rings. The molecule has 0 N–H and O–H groups in total. The highest BCUT2D eigenvalue weighted by atomic mass is 32.2. The summed E-state index contributed by atoms with van der Waals surface area (Å²) < 4.78 is 77.9. The van der Waals surface area contributed by atoms with Crippen LogP contribution in [0.3, 0.4) is 0 Å². The average molecular weight is 611 g/mol. The number of carbonyl (C=O) groups is 1. The zero-order chi connectivity index (χ0) is 29.8. The largest absolute Gasteiger partial charge is 0.343 e. The van der Waals surface area contributed by atoms with E-state index in [-0.39, 0.29) is 27.7 Å². The summed E-state index contributed by atoms with van der Waals surface area (Å²) in [5.41, 5.74) is 1.29. The Labute approximate surface area is 242 Å². The van der Waals surface area contributed by atoms with Gasteiger partial charge in [0, 0.05) is 38.3 Å². The lowest BCUT2D eigenvalue weighted by Crippen LogP contribution is -2.42. The minimum Gasteiger partial charge on any atom is -0.343 e. The summed E-state index contributed by atoms with van der Waals surface area (Å²) in [5.74, 6) is -1.12. The van der Waals surface area contributed by atoms with E-state index in [0.29, 0.717) is 56.8 Å². The average Bonchev–Trinajstić information content (AvgIpc) is 2.92. The van der Waals surface area contributed by atoms with Crippen molar-refractivity contribution in [1.29, 1.82) is 0 Å². The molecule has 2 saturated heterocycles. The first-order valence-corrected chi connectivity index (χ1v) is 17.9. The summed E-state index contributed by atoms with van der Waals surface area (Å²) in [6.07, 6.45) is 5.17. The summed E-state index contributed by atoms with van der Waals surface area (Å²) in [5, 5.41) is -0.366. The van der Waals surface area contributed by atoms with Crippen molar-refractivity contribution in [3.05, 3.63) is 65.2 Å². The van der Waals surface area contributed by atoms with Gasteiger partial charge in [0.1, 0.15) is 11.6 Å². The van der Waals surface area contributed by atoms with E-state index in [1.54, 1.807) is 17.0 Å². The Morgan fingerprint density at radius 1 is 0.878 bits per heavy atom. The zero-order valence-corrected chi connectivity index (χ0v) is 25.4. The highest BCUT2D eigenvalue weighted by Gasteiger charge is 2.31. The number of amides is 1. The number of hydrogen-bond donors (Lipinski definition) is 0. The Balaban J connectivity index is 1.32. The SMILES string of the molecule is CC(=O)N1CCC(S(=O)(=O)CCC2CCN(CCC(c3ccc(S(C)(=O)=O)cc3)c3cc(F)cc(F)c3)CC2)CC1. The Hall–Kier alpha value is -2.37. The smallest absolute Gasteiger partial charge is 0.219 e. The Kier molecular flexibility index (Phi) is 10.2. The number of rotatable bonds is 10. The summed E-state index contributed by atoms with van der Waals surface area (Å²) in [6.45, 7) is 4.85. The lowest BCUT2D eigenvalue weighted by atomic mass is 9.87. The highest BCUT2D eigenvalue weighted by Crippen LogP contribution is 2.32. The molecule has 0 radical (unpaired) electrons. The fourth-order valence-corrected chi connectivity index (χ4v) is 8.64. The molecule has 2 aliphatic heterocycles. The Bertz CT molecular complexity index is 1400. The van der Waals surface area contributed by atoms with Crippen LogP contribution in [0.15, 0.2) is 47.4 Å². The maximum Gasteiger partial charge on any atom is 0.219 e. The van der Waals surface area contributed by atoms with Gasteiger partial charge in [0.15, 0.2) is 19.7 Å². The predicted molar refractivity (Wildman–Crippen MR) is 155 cm³/mol. The van der Waals surface area contributed by atoms with Crippen LogP contribution in [0.2, 0.25) is 0 Å². The van der Waals surface area contributed by atoms with Crippen molar-refractivity contribution < 1.29 is 30.4 Å². The van der Waals surface area contributed by atoms with Gasteiger partial charge in [0.25, 0.3) is 0 Å². The van der Waals surface area contributed by atoms with Crippen LogP contribution >= 0.6 is 0 Å². The molecule has 7 nitrogen and oxygen atoms in total. The number of carbonyl (C=O) groups excluding carboxylic acids is 1. The second kappa shape index (κ2) is 13.3. The molecule has 2 aromatic carbocycles. The third kappa shape index (κ3) is 8.58. The molecule has 1 amide bonds. The molecule has 2 fully saturated rings. The molecule has 2 aromatic rings. The van der Waals surface area contributed by atoms with Crippen molar-refractivity contribution >= 4 is 25.6 Å². The lowest BCUT2D eigenvalue weighted by molar-refractivity contribution is -0.129. The molecule has 1 atom stereocenters. The first-order chi connectivity index (χ1) is 19.3. The van der Waals surface area contributed by atoms with Crippen molar-refractivity contribution in [3.8, 4) is 0 Å². The van der Waals surface area contributed by atoms with E-state index < -0.39 is 31.3 Å². The van der Waals surface area contributed by atoms with Crippen molar-refractivity contribution in [2.24, 2.45) is 5.92 Å². The van der Waals surface area contributed by atoms with Gasteiger partial charge in [-0.2, -0.15) is 0 Å². The third-order valence-electron chi connectivity index (χ3n) is 8.64. The molecular weight excluding hydrogens is 570 g/mol. The van der Waals surface area contributed by atoms with Crippen molar-refractivity contribution in [2.45, 2.75) is 61.5 Å². The van der Waals surface area contributed by atoms with Crippen LogP contribution in [0.5, 0.6) is 0 Å². The molecule has 4 rings (SSSR count). The van der Waals surface area contributed by atoms with Crippen LogP contribution in [0.4, 0.5) is 8.78 Å². The van der Waals surface area contributed by atoms with Gasteiger partial charge in [-0.15, -0.1) is 0 Å². The summed E-state index contributed by atoms with van der Waals surface area (Å²) >= 11 is 0. The summed E-state index contributed by atoms with van der Waals surface area (Å²) in [4.78, 5) is 15.7. The van der Waals surface area contributed by atoms with Crippen LogP contribution in [0, 0.1) is 17.6 Å². The molecule has 0 spiro atoms. The third-order valence-corrected chi connectivity index (χ3v) is 12.1. The lowest BCUT2D eigenvalue weighted by Gasteiger charge is -2.34. The van der Waals surface area contributed by atoms with E-state index in [0.717, 1.165) is 43.8 Å². The molecule has 11 heteroatoms. The molecule has 0 saturated carbocycles. The van der Waals surface area contributed by atoms with E-state index in [4.69, 9.17) is 0 Å². The monoisotopic (exact) mass is 610 g/mol. The standard InChI is InChI=1S/C30H40F2N2O5S2/c1-22(35)34-16-9-29(10-17-34)41(38,39)18-12-23-7-13-33(14-8-23)15-11-30(25-19-26(31)21-27(32)20-25)24-3-5-28(6-4-24)40(2,36)37/h3-6,19-21,23,29-30H,7-18H2,1-2H3. The quantitative estimate of drug-likeness (QED) is 0.396. The zero-order valence-electron chi connectivity index (χ0n) is 23.8. The first kappa shape index (κ1) is 31.6.